The van der Waals surface area contributed by atoms with Crippen molar-refractivity contribution in [2.24, 2.45) is 0 Å². The van der Waals surface area contributed by atoms with Crippen LogP contribution in [0.5, 0.6) is 0 Å². The smallest absolute Gasteiger partial charge is 0.207 e. The second kappa shape index (κ2) is 6.97. The first kappa shape index (κ1) is 16.4. The lowest BCUT2D eigenvalue weighted by molar-refractivity contribution is 0.573. The van der Waals surface area contributed by atoms with Crippen molar-refractivity contribution in [3.8, 4) is 6.07 Å². The highest BCUT2D eigenvalue weighted by Crippen LogP contribution is 2.28. The van der Waals surface area contributed by atoms with Crippen molar-refractivity contribution < 1.29 is 8.42 Å². The molecule has 3 aromatic rings. The molecule has 1 aromatic heterocycles. The van der Waals surface area contributed by atoms with Crippen LogP contribution in [0.3, 0.4) is 0 Å². The third-order valence-corrected chi connectivity index (χ3v) is 5.86. The molecule has 0 unspecified atom stereocenters. The van der Waals surface area contributed by atoms with Gasteiger partial charge in [-0.1, -0.05) is 42.5 Å². The van der Waals surface area contributed by atoms with E-state index in [1.807, 2.05) is 53.9 Å². The summed E-state index contributed by atoms with van der Waals surface area (Å²) in [6.45, 7) is 0. The average Bonchev–Trinajstić information content (AvgIpc) is 3.15. The van der Waals surface area contributed by atoms with E-state index in [1.165, 1.54) is 23.5 Å². The van der Waals surface area contributed by atoms with E-state index in [4.69, 9.17) is 5.26 Å². The summed E-state index contributed by atoms with van der Waals surface area (Å²) in [5, 5.41) is 10.9. The fourth-order valence-corrected chi connectivity index (χ4v) is 4.47. The molecule has 120 valence electrons. The Morgan fingerprint density at radius 2 is 1.79 bits per heavy atom. The third kappa shape index (κ3) is 3.54. The number of sulfonamides is 1. The molecule has 0 amide bonds. The second-order valence-electron chi connectivity index (χ2n) is 5.12. The standard InChI is InChI=1S/C18H14N2O2S2/c19-13-14-6-4-9-16(12-14)24(21,22)20-18(17-10-5-11-23-17)15-7-2-1-3-8-15/h1-12,18,20H/t18-/m1/s1. The Kier molecular flexibility index (Phi) is 4.76. The molecule has 0 saturated heterocycles. The summed E-state index contributed by atoms with van der Waals surface area (Å²) < 4.78 is 28.3. The van der Waals surface area contributed by atoms with Crippen LogP contribution in [0.2, 0.25) is 0 Å². The molecule has 1 N–H and O–H groups in total. The highest BCUT2D eigenvalue weighted by Gasteiger charge is 2.23. The Hall–Kier alpha value is -2.46. The number of hydrogen-bond acceptors (Lipinski definition) is 4. The largest absolute Gasteiger partial charge is 0.241 e. The summed E-state index contributed by atoms with van der Waals surface area (Å²) in [7, 11) is -3.76. The molecule has 0 aliphatic rings. The number of nitriles is 1. The van der Waals surface area contributed by atoms with Crippen LogP contribution < -0.4 is 4.72 Å². The fourth-order valence-electron chi connectivity index (χ4n) is 2.35. The van der Waals surface area contributed by atoms with E-state index < -0.39 is 16.1 Å². The van der Waals surface area contributed by atoms with Crippen LogP contribution in [0.15, 0.2) is 77.0 Å². The minimum Gasteiger partial charge on any atom is -0.207 e. The number of nitrogens with zero attached hydrogens (tertiary/aromatic N) is 1. The van der Waals surface area contributed by atoms with Crippen LogP contribution in [0.1, 0.15) is 22.0 Å². The predicted molar refractivity (Wildman–Crippen MR) is 94.1 cm³/mol. The first-order valence-electron chi connectivity index (χ1n) is 7.21. The summed E-state index contributed by atoms with van der Waals surface area (Å²) in [4.78, 5) is 0.986. The van der Waals surface area contributed by atoms with E-state index in [-0.39, 0.29) is 4.90 Å². The van der Waals surface area contributed by atoms with Crippen LogP contribution in [0, 0.1) is 11.3 Å². The minimum absolute atomic E-state index is 0.0824. The molecule has 0 spiro atoms. The third-order valence-electron chi connectivity index (χ3n) is 3.51. The molecule has 0 aliphatic heterocycles. The second-order valence-corrected chi connectivity index (χ2v) is 7.81. The highest BCUT2D eigenvalue weighted by molar-refractivity contribution is 7.89. The molecule has 0 bridgehead atoms. The minimum atomic E-state index is -3.76. The van der Waals surface area contributed by atoms with Gasteiger partial charge in [-0.15, -0.1) is 11.3 Å². The average molecular weight is 354 g/mol. The van der Waals surface area contributed by atoms with E-state index in [0.29, 0.717) is 5.56 Å². The number of nitrogens with one attached hydrogen (secondary N) is 1. The molecule has 1 heterocycles. The molecule has 1 atom stereocenters. The maximum atomic E-state index is 12.8. The molecule has 0 aliphatic carbocycles. The number of benzene rings is 2. The lowest BCUT2D eigenvalue weighted by Gasteiger charge is -2.18. The molecule has 3 rings (SSSR count). The van der Waals surface area contributed by atoms with Crippen molar-refractivity contribution in [1.82, 2.24) is 4.72 Å². The van der Waals surface area contributed by atoms with Gasteiger partial charge in [-0.25, -0.2) is 8.42 Å². The number of thiophene rings is 1. The zero-order valence-corrected chi connectivity index (χ0v) is 14.2. The van der Waals surface area contributed by atoms with Gasteiger partial charge in [0.15, 0.2) is 0 Å². The highest BCUT2D eigenvalue weighted by atomic mass is 32.2. The first-order valence-corrected chi connectivity index (χ1v) is 9.57. The van der Waals surface area contributed by atoms with Gasteiger partial charge < -0.3 is 0 Å². The molecule has 6 heteroatoms. The maximum absolute atomic E-state index is 12.8. The Morgan fingerprint density at radius 1 is 1.00 bits per heavy atom. The predicted octanol–water partition coefficient (Wildman–Crippen LogP) is 3.69. The molecular weight excluding hydrogens is 340 g/mol. The van der Waals surface area contributed by atoms with Gasteiger partial charge in [-0.3, -0.25) is 0 Å². The summed E-state index contributed by atoms with van der Waals surface area (Å²) >= 11 is 1.49. The zero-order valence-electron chi connectivity index (χ0n) is 12.6. The lowest BCUT2D eigenvalue weighted by Crippen LogP contribution is -2.29. The van der Waals surface area contributed by atoms with Gasteiger partial charge in [-0.2, -0.15) is 9.98 Å². The van der Waals surface area contributed by atoms with Gasteiger partial charge >= 0.3 is 0 Å². The Morgan fingerprint density at radius 3 is 2.46 bits per heavy atom. The number of rotatable bonds is 5. The molecule has 2 aromatic carbocycles. The molecule has 4 nitrogen and oxygen atoms in total. The lowest BCUT2D eigenvalue weighted by atomic mass is 10.1. The van der Waals surface area contributed by atoms with E-state index in [2.05, 4.69) is 4.72 Å². The Bertz CT molecular complexity index is 960. The van der Waals surface area contributed by atoms with E-state index >= 15 is 0 Å². The Balaban J connectivity index is 1.99. The van der Waals surface area contributed by atoms with Crippen LogP contribution in [-0.2, 0) is 10.0 Å². The van der Waals surface area contributed by atoms with Gasteiger partial charge in [0.1, 0.15) is 0 Å². The van der Waals surface area contributed by atoms with Gasteiger partial charge in [-0.05, 0) is 35.2 Å². The Labute approximate surface area is 145 Å². The van der Waals surface area contributed by atoms with Crippen LogP contribution in [0.4, 0.5) is 0 Å². The molecule has 0 saturated carbocycles. The maximum Gasteiger partial charge on any atom is 0.241 e. The fraction of sp³-hybridized carbons (Fsp3) is 0.0556. The zero-order chi connectivity index (χ0) is 17.0. The van der Waals surface area contributed by atoms with Crippen molar-refractivity contribution >= 4 is 21.4 Å². The van der Waals surface area contributed by atoms with Crippen molar-refractivity contribution in [3.63, 3.8) is 0 Å². The summed E-state index contributed by atoms with van der Waals surface area (Å²) in [5.41, 5.74) is 1.17. The van der Waals surface area contributed by atoms with Gasteiger partial charge in [0, 0.05) is 4.88 Å². The SMILES string of the molecule is N#Cc1cccc(S(=O)(=O)N[C@H](c2ccccc2)c2cccs2)c1. The van der Waals surface area contributed by atoms with Gasteiger partial charge in [0.25, 0.3) is 0 Å². The van der Waals surface area contributed by atoms with Crippen molar-refractivity contribution in [2.75, 3.05) is 0 Å². The molecule has 0 radical (unpaired) electrons. The van der Waals surface area contributed by atoms with Crippen LogP contribution in [0.25, 0.3) is 0 Å². The van der Waals surface area contributed by atoms with Crippen molar-refractivity contribution in [3.05, 3.63) is 88.1 Å². The van der Waals surface area contributed by atoms with Gasteiger partial charge in [0.05, 0.1) is 22.6 Å². The van der Waals surface area contributed by atoms with Crippen LogP contribution >= 0.6 is 11.3 Å². The van der Waals surface area contributed by atoms with Crippen LogP contribution in [-0.4, -0.2) is 8.42 Å². The van der Waals surface area contributed by atoms with Gasteiger partial charge in [0.2, 0.25) is 10.0 Å². The topological polar surface area (TPSA) is 70.0 Å². The summed E-state index contributed by atoms with van der Waals surface area (Å²) in [6, 6.07) is 20.7. The summed E-state index contributed by atoms with van der Waals surface area (Å²) in [5.74, 6) is 0. The van der Waals surface area contributed by atoms with E-state index in [9.17, 15) is 8.42 Å². The quantitative estimate of drug-likeness (QED) is 0.760. The van der Waals surface area contributed by atoms with E-state index in [1.54, 1.807) is 12.1 Å². The van der Waals surface area contributed by atoms with E-state index in [0.717, 1.165) is 10.4 Å². The number of hydrogen-bond donors (Lipinski definition) is 1. The molecular formula is C18H14N2O2S2. The normalized spacial score (nSPS) is 12.5. The van der Waals surface area contributed by atoms with Crippen molar-refractivity contribution in [1.29, 1.82) is 5.26 Å². The first-order chi connectivity index (χ1) is 11.6. The monoisotopic (exact) mass is 354 g/mol. The van der Waals surface area contributed by atoms with Crippen molar-refractivity contribution in [2.45, 2.75) is 10.9 Å². The molecule has 0 fully saturated rings. The summed E-state index contributed by atoms with van der Waals surface area (Å²) in [6.07, 6.45) is 0. The molecule has 24 heavy (non-hydrogen) atoms.